The van der Waals surface area contributed by atoms with E-state index in [0.717, 1.165) is 11.3 Å². The standard InChI is InChI=1S/C20H24N6O2/c1-4-5-13-26-16-17(25(3)20(28)22-18(16)27)21-19(26)24-23-14(2)11-12-15-9-7-6-8-10-15/h4-12,16-17H,13H2,1-3H3,(H,21,24)(H,22,27,28)/b5-4+,12-11+,23-14+. The molecule has 1 aromatic carbocycles. The molecule has 8 nitrogen and oxygen atoms in total. The molecule has 8 heteroatoms. The van der Waals surface area contributed by atoms with E-state index >= 15 is 0 Å². The van der Waals surface area contributed by atoms with Gasteiger partial charge in [-0.15, -0.1) is 0 Å². The molecule has 2 atom stereocenters. The topological polar surface area (TPSA) is 89.4 Å². The van der Waals surface area contributed by atoms with Gasteiger partial charge in [-0.2, -0.15) is 5.10 Å². The van der Waals surface area contributed by atoms with E-state index in [9.17, 15) is 9.59 Å². The monoisotopic (exact) mass is 380 g/mol. The zero-order chi connectivity index (χ0) is 20.1. The first-order valence-corrected chi connectivity index (χ1v) is 9.08. The lowest BCUT2D eigenvalue weighted by atomic mass is 10.1. The molecule has 28 heavy (non-hydrogen) atoms. The number of fused-ring (bicyclic) bond motifs is 1. The molecule has 0 aliphatic carbocycles. The Morgan fingerprint density at radius 2 is 2.07 bits per heavy atom. The van der Waals surface area contributed by atoms with Crippen molar-refractivity contribution in [2.45, 2.75) is 26.1 Å². The summed E-state index contributed by atoms with van der Waals surface area (Å²) in [5.41, 5.74) is 4.78. The number of carbonyl (C=O) groups is 2. The number of allylic oxidation sites excluding steroid dienone is 2. The van der Waals surface area contributed by atoms with Crippen LogP contribution in [0.4, 0.5) is 4.79 Å². The Labute approximate surface area is 164 Å². The van der Waals surface area contributed by atoms with Crippen LogP contribution in [-0.4, -0.2) is 59.2 Å². The summed E-state index contributed by atoms with van der Waals surface area (Å²) < 4.78 is 0. The molecule has 0 spiro atoms. The Morgan fingerprint density at radius 3 is 2.79 bits per heavy atom. The van der Waals surface area contributed by atoms with E-state index in [1.807, 2.05) is 68.5 Å². The Hall–Kier alpha value is -3.42. The SMILES string of the molecule is C/C=C/CN1C(N/N=C(C)/C=C/c2ccccc2)=NC2C1C(=O)NC(=O)N2C. The van der Waals surface area contributed by atoms with Gasteiger partial charge in [-0.1, -0.05) is 48.6 Å². The van der Waals surface area contributed by atoms with Crippen molar-refractivity contribution < 1.29 is 9.59 Å². The number of nitrogens with zero attached hydrogens (tertiary/aromatic N) is 4. The summed E-state index contributed by atoms with van der Waals surface area (Å²) in [5.74, 6) is 0.0973. The molecule has 2 heterocycles. The number of guanidine groups is 1. The second-order valence-corrected chi connectivity index (χ2v) is 6.55. The van der Waals surface area contributed by atoms with Gasteiger partial charge in [0.1, 0.15) is 0 Å². The molecule has 2 N–H and O–H groups in total. The summed E-state index contributed by atoms with van der Waals surface area (Å²) in [4.78, 5) is 32.0. The molecule has 0 aromatic heterocycles. The highest BCUT2D eigenvalue weighted by molar-refractivity contribution is 6.04. The van der Waals surface area contributed by atoms with Crippen LogP contribution in [0.5, 0.6) is 0 Å². The lowest BCUT2D eigenvalue weighted by Gasteiger charge is -2.35. The third-order valence-electron chi connectivity index (χ3n) is 4.55. The number of amides is 3. The van der Waals surface area contributed by atoms with Crippen molar-refractivity contribution in [2.75, 3.05) is 13.6 Å². The fourth-order valence-corrected chi connectivity index (χ4v) is 2.99. The van der Waals surface area contributed by atoms with Crippen LogP contribution in [0, 0.1) is 0 Å². The van der Waals surface area contributed by atoms with Crippen LogP contribution in [0.15, 0.2) is 58.7 Å². The molecule has 146 valence electrons. The Morgan fingerprint density at radius 1 is 1.32 bits per heavy atom. The lowest BCUT2D eigenvalue weighted by Crippen LogP contribution is -2.64. The van der Waals surface area contributed by atoms with Gasteiger partial charge in [-0.25, -0.2) is 15.2 Å². The van der Waals surface area contributed by atoms with Gasteiger partial charge < -0.3 is 9.80 Å². The van der Waals surface area contributed by atoms with Gasteiger partial charge in [0.05, 0.1) is 5.71 Å². The fourth-order valence-electron chi connectivity index (χ4n) is 2.99. The van der Waals surface area contributed by atoms with E-state index in [4.69, 9.17) is 0 Å². The number of benzene rings is 1. The lowest BCUT2D eigenvalue weighted by molar-refractivity contribution is -0.126. The summed E-state index contributed by atoms with van der Waals surface area (Å²) in [6.07, 6.45) is 7.11. The molecule has 1 aromatic rings. The average Bonchev–Trinajstić information content (AvgIpc) is 3.07. The zero-order valence-electron chi connectivity index (χ0n) is 16.2. The smallest absolute Gasteiger partial charge is 0.322 e. The predicted octanol–water partition coefficient (Wildman–Crippen LogP) is 1.79. The molecule has 0 radical (unpaired) electrons. The molecule has 2 unspecified atom stereocenters. The second kappa shape index (κ2) is 8.51. The summed E-state index contributed by atoms with van der Waals surface area (Å²) in [6.45, 7) is 4.26. The molecular formula is C20H24N6O2. The van der Waals surface area contributed by atoms with E-state index in [0.29, 0.717) is 12.5 Å². The molecule has 1 fully saturated rings. The van der Waals surface area contributed by atoms with Crippen molar-refractivity contribution in [2.24, 2.45) is 10.1 Å². The van der Waals surface area contributed by atoms with Crippen molar-refractivity contribution in [3.05, 3.63) is 54.1 Å². The van der Waals surface area contributed by atoms with Gasteiger partial charge in [0.15, 0.2) is 12.2 Å². The number of hydrogen-bond acceptors (Lipinski definition) is 6. The predicted molar refractivity (Wildman–Crippen MR) is 110 cm³/mol. The van der Waals surface area contributed by atoms with Crippen LogP contribution in [0.1, 0.15) is 19.4 Å². The molecule has 0 saturated carbocycles. The Balaban J connectivity index is 1.77. The van der Waals surface area contributed by atoms with Crippen LogP contribution < -0.4 is 10.7 Å². The highest BCUT2D eigenvalue weighted by Gasteiger charge is 2.48. The van der Waals surface area contributed by atoms with E-state index in [1.54, 1.807) is 11.9 Å². The van der Waals surface area contributed by atoms with Crippen molar-refractivity contribution in [1.82, 2.24) is 20.5 Å². The molecule has 3 rings (SSSR count). The van der Waals surface area contributed by atoms with Crippen LogP contribution in [0.2, 0.25) is 0 Å². The van der Waals surface area contributed by atoms with E-state index in [1.165, 1.54) is 4.90 Å². The first kappa shape index (κ1) is 19.3. The third kappa shape index (κ3) is 4.11. The van der Waals surface area contributed by atoms with Crippen LogP contribution in [0.3, 0.4) is 0 Å². The van der Waals surface area contributed by atoms with Crippen molar-refractivity contribution in [1.29, 1.82) is 0 Å². The van der Waals surface area contributed by atoms with Crippen LogP contribution in [0.25, 0.3) is 6.08 Å². The molecule has 1 saturated heterocycles. The minimum Gasteiger partial charge on any atom is -0.322 e. The van der Waals surface area contributed by atoms with Gasteiger partial charge in [0, 0.05) is 13.6 Å². The number of nitrogens with one attached hydrogen (secondary N) is 2. The maximum Gasteiger partial charge on any atom is 0.325 e. The number of carbonyl (C=O) groups excluding carboxylic acids is 2. The largest absolute Gasteiger partial charge is 0.325 e. The highest BCUT2D eigenvalue weighted by atomic mass is 16.2. The number of imide groups is 1. The first-order chi connectivity index (χ1) is 13.5. The Kier molecular flexibility index (Phi) is 5.88. The minimum atomic E-state index is -0.586. The van der Waals surface area contributed by atoms with E-state index in [-0.39, 0.29) is 5.91 Å². The molecule has 2 aliphatic rings. The summed E-state index contributed by atoms with van der Waals surface area (Å²) in [7, 11) is 1.62. The van der Waals surface area contributed by atoms with Crippen molar-refractivity contribution >= 4 is 29.7 Å². The van der Waals surface area contributed by atoms with Gasteiger partial charge >= 0.3 is 6.03 Å². The zero-order valence-corrected chi connectivity index (χ0v) is 16.2. The summed E-state index contributed by atoms with van der Waals surface area (Å²) in [6, 6.07) is 8.89. The summed E-state index contributed by atoms with van der Waals surface area (Å²) in [5, 5.41) is 6.72. The average molecular weight is 380 g/mol. The normalized spacial score (nSPS) is 22.7. The molecule has 2 aliphatic heterocycles. The van der Waals surface area contributed by atoms with Gasteiger partial charge in [0.25, 0.3) is 5.91 Å². The first-order valence-electron chi connectivity index (χ1n) is 9.08. The number of hydrogen-bond donors (Lipinski definition) is 2. The quantitative estimate of drug-likeness (QED) is 0.463. The highest BCUT2D eigenvalue weighted by Crippen LogP contribution is 2.23. The maximum atomic E-state index is 12.4. The van der Waals surface area contributed by atoms with Gasteiger partial charge in [-0.05, 0) is 25.5 Å². The second-order valence-electron chi connectivity index (χ2n) is 6.55. The summed E-state index contributed by atoms with van der Waals surface area (Å²) >= 11 is 0. The molecule has 0 bridgehead atoms. The number of rotatable bonds is 5. The number of likely N-dealkylation sites (N-methyl/N-ethyl adjacent to an activating group) is 1. The minimum absolute atomic E-state index is 0.358. The van der Waals surface area contributed by atoms with Crippen LogP contribution >= 0.6 is 0 Å². The Bertz CT molecular complexity index is 859. The number of urea groups is 1. The van der Waals surface area contributed by atoms with Crippen molar-refractivity contribution in [3.8, 4) is 0 Å². The molecule has 3 amide bonds. The third-order valence-corrected chi connectivity index (χ3v) is 4.55. The van der Waals surface area contributed by atoms with E-state index < -0.39 is 18.2 Å². The number of aliphatic imine (C=N–C) groups is 1. The maximum absolute atomic E-state index is 12.4. The molecular weight excluding hydrogens is 356 g/mol. The number of hydrazone groups is 1. The van der Waals surface area contributed by atoms with Crippen molar-refractivity contribution in [3.63, 3.8) is 0 Å². The van der Waals surface area contributed by atoms with Crippen LogP contribution in [-0.2, 0) is 4.79 Å². The van der Waals surface area contributed by atoms with E-state index in [2.05, 4.69) is 20.8 Å². The van der Waals surface area contributed by atoms with Gasteiger partial charge in [-0.3, -0.25) is 10.1 Å². The van der Waals surface area contributed by atoms with Gasteiger partial charge in [0.2, 0.25) is 5.96 Å². The fraction of sp³-hybridized carbons (Fsp3) is 0.300.